The normalized spacial score (nSPS) is 11.3. The number of pyridine rings is 1. The van der Waals surface area contributed by atoms with Gasteiger partial charge in [-0.1, -0.05) is 0 Å². The van der Waals surface area contributed by atoms with Crippen LogP contribution in [0.1, 0.15) is 25.9 Å². The molecule has 1 amide bonds. The smallest absolute Gasteiger partial charge is 0.368 e. The van der Waals surface area contributed by atoms with Gasteiger partial charge >= 0.3 is 6.18 Å². The summed E-state index contributed by atoms with van der Waals surface area (Å²) in [6, 6.07) is 2.21. The van der Waals surface area contributed by atoms with E-state index in [1.165, 1.54) is 17.4 Å². The van der Waals surface area contributed by atoms with Crippen LogP contribution in [0.15, 0.2) is 18.3 Å². The molecule has 2 heterocycles. The molecule has 0 saturated carbocycles. The first-order valence-corrected chi connectivity index (χ1v) is 7.58. The number of nitrogens with one attached hydrogen (secondary N) is 2. The summed E-state index contributed by atoms with van der Waals surface area (Å²) in [5.74, 6) is 0.104. The van der Waals surface area contributed by atoms with Crippen LogP contribution in [-0.4, -0.2) is 29.0 Å². The Balaban J connectivity index is 1.79. The van der Waals surface area contributed by atoms with E-state index in [1.54, 1.807) is 6.92 Å². The number of carbonyl (C=O) groups excluding carboxylic acids is 1. The highest BCUT2D eigenvalue weighted by atomic mass is 32.1. The van der Waals surface area contributed by atoms with E-state index in [9.17, 15) is 18.0 Å². The van der Waals surface area contributed by atoms with Gasteiger partial charge in [0, 0.05) is 19.3 Å². The van der Waals surface area contributed by atoms with Crippen molar-refractivity contribution >= 4 is 23.1 Å². The molecule has 5 nitrogen and oxygen atoms in total. The predicted molar refractivity (Wildman–Crippen MR) is 81.6 cm³/mol. The van der Waals surface area contributed by atoms with Crippen LogP contribution < -0.4 is 10.6 Å². The molecule has 0 bridgehead atoms. The van der Waals surface area contributed by atoms with Crippen LogP contribution in [-0.2, 0) is 6.18 Å². The molecule has 9 heteroatoms. The van der Waals surface area contributed by atoms with Crippen LogP contribution in [0.2, 0.25) is 0 Å². The average Bonchev–Trinajstić information content (AvgIpc) is 2.82. The lowest BCUT2D eigenvalue weighted by Gasteiger charge is -2.09. The molecule has 0 unspecified atom stereocenters. The SMILES string of the molecule is Cc1nc(C)c(C(=O)NCCNc2ccc(C(F)(F)F)cn2)s1. The van der Waals surface area contributed by atoms with Crippen molar-refractivity contribution in [2.24, 2.45) is 0 Å². The minimum absolute atomic E-state index is 0.213. The van der Waals surface area contributed by atoms with Crippen LogP contribution in [0.4, 0.5) is 19.0 Å². The summed E-state index contributed by atoms with van der Waals surface area (Å²) in [4.78, 5) is 20.4. The summed E-state index contributed by atoms with van der Waals surface area (Å²) >= 11 is 1.32. The van der Waals surface area contributed by atoms with Crippen LogP contribution in [0.25, 0.3) is 0 Å². The van der Waals surface area contributed by atoms with E-state index in [2.05, 4.69) is 20.6 Å². The molecule has 2 N–H and O–H groups in total. The van der Waals surface area contributed by atoms with Gasteiger partial charge in [0.05, 0.1) is 16.3 Å². The molecule has 0 fully saturated rings. The van der Waals surface area contributed by atoms with Gasteiger partial charge in [0.1, 0.15) is 10.7 Å². The summed E-state index contributed by atoms with van der Waals surface area (Å²) < 4.78 is 37.2. The second-order valence-corrected chi connectivity index (χ2v) is 5.96. The van der Waals surface area contributed by atoms with Gasteiger partial charge in [0.2, 0.25) is 0 Å². The van der Waals surface area contributed by atoms with Gasteiger partial charge in [-0.2, -0.15) is 13.2 Å². The fourth-order valence-corrected chi connectivity index (χ4v) is 2.69. The van der Waals surface area contributed by atoms with Crippen molar-refractivity contribution in [2.45, 2.75) is 20.0 Å². The largest absolute Gasteiger partial charge is 0.417 e. The van der Waals surface area contributed by atoms with E-state index < -0.39 is 11.7 Å². The number of hydrogen-bond acceptors (Lipinski definition) is 5. The van der Waals surface area contributed by atoms with Crippen molar-refractivity contribution in [1.82, 2.24) is 15.3 Å². The quantitative estimate of drug-likeness (QED) is 0.818. The Morgan fingerprint density at radius 3 is 2.52 bits per heavy atom. The average molecular weight is 344 g/mol. The zero-order chi connectivity index (χ0) is 17.0. The third-order valence-corrected chi connectivity index (χ3v) is 3.99. The molecule has 0 atom stereocenters. The van der Waals surface area contributed by atoms with Crippen molar-refractivity contribution in [3.8, 4) is 0 Å². The van der Waals surface area contributed by atoms with Gasteiger partial charge < -0.3 is 10.6 Å². The van der Waals surface area contributed by atoms with E-state index in [0.29, 0.717) is 29.5 Å². The Labute approximate surface area is 135 Å². The number of anilines is 1. The molecule has 0 aliphatic carbocycles. The van der Waals surface area contributed by atoms with Gasteiger partial charge in [0.15, 0.2) is 0 Å². The third-order valence-electron chi connectivity index (χ3n) is 2.92. The van der Waals surface area contributed by atoms with Gasteiger partial charge in [-0.15, -0.1) is 11.3 Å². The molecule has 2 aromatic heterocycles. The molecule has 2 rings (SSSR count). The standard InChI is InChI=1S/C14H15F3N4OS/c1-8-12(23-9(2)21-8)13(22)19-6-5-18-11-4-3-10(7-20-11)14(15,16)17/h3-4,7H,5-6H2,1-2H3,(H,18,20)(H,19,22). The molecule has 0 spiro atoms. The molecular weight excluding hydrogens is 329 g/mol. The third kappa shape index (κ3) is 4.65. The Bertz CT molecular complexity index is 682. The van der Waals surface area contributed by atoms with Gasteiger partial charge in [-0.25, -0.2) is 9.97 Å². The number of aromatic nitrogens is 2. The fourth-order valence-electron chi connectivity index (χ4n) is 1.85. The molecule has 2 aromatic rings. The molecule has 0 aliphatic heterocycles. The first kappa shape index (κ1) is 17.2. The van der Waals surface area contributed by atoms with E-state index in [0.717, 1.165) is 17.3 Å². The number of rotatable bonds is 5. The van der Waals surface area contributed by atoms with Crippen molar-refractivity contribution in [1.29, 1.82) is 0 Å². The Hall–Kier alpha value is -2.16. The molecule has 0 radical (unpaired) electrons. The maximum atomic E-state index is 12.4. The first-order valence-electron chi connectivity index (χ1n) is 6.76. The van der Waals surface area contributed by atoms with Gasteiger partial charge in [0.25, 0.3) is 5.91 Å². The summed E-state index contributed by atoms with van der Waals surface area (Å²) in [5, 5.41) is 6.38. The molecule has 0 aromatic carbocycles. The second-order valence-electron chi connectivity index (χ2n) is 4.76. The molecule has 23 heavy (non-hydrogen) atoms. The predicted octanol–water partition coefficient (Wildman–Crippen LogP) is 3.02. The highest BCUT2D eigenvalue weighted by Gasteiger charge is 2.30. The van der Waals surface area contributed by atoms with E-state index in [1.807, 2.05) is 6.92 Å². The second kappa shape index (κ2) is 6.95. The minimum Gasteiger partial charge on any atom is -0.368 e. The number of alkyl halides is 3. The fraction of sp³-hybridized carbons (Fsp3) is 0.357. The summed E-state index contributed by atoms with van der Waals surface area (Å²) in [6.07, 6.45) is -3.63. The monoisotopic (exact) mass is 344 g/mol. The van der Waals surface area contributed by atoms with Crippen molar-refractivity contribution < 1.29 is 18.0 Å². The van der Waals surface area contributed by atoms with Gasteiger partial charge in [-0.05, 0) is 26.0 Å². The maximum absolute atomic E-state index is 12.4. The topological polar surface area (TPSA) is 66.9 Å². The highest BCUT2D eigenvalue weighted by Crippen LogP contribution is 2.28. The molecular formula is C14H15F3N4OS. The van der Waals surface area contributed by atoms with Crippen LogP contribution in [0.5, 0.6) is 0 Å². The Kier molecular flexibility index (Phi) is 5.19. The lowest BCUT2D eigenvalue weighted by atomic mass is 10.3. The van der Waals surface area contributed by atoms with Crippen LogP contribution >= 0.6 is 11.3 Å². The van der Waals surface area contributed by atoms with Crippen molar-refractivity contribution in [3.05, 3.63) is 39.5 Å². The lowest BCUT2D eigenvalue weighted by Crippen LogP contribution is -2.28. The zero-order valence-corrected chi connectivity index (χ0v) is 13.3. The number of amides is 1. The summed E-state index contributed by atoms with van der Waals surface area (Å²) in [5.41, 5.74) is -0.116. The molecule has 0 aliphatic rings. The first-order chi connectivity index (χ1) is 10.8. The van der Waals surface area contributed by atoms with Crippen LogP contribution in [0.3, 0.4) is 0 Å². The van der Waals surface area contributed by atoms with Crippen LogP contribution in [0, 0.1) is 13.8 Å². The Morgan fingerprint density at radius 2 is 2.00 bits per heavy atom. The number of aryl methyl sites for hydroxylation is 2. The van der Waals surface area contributed by atoms with E-state index in [-0.39, 0.29) is 5.91 Å². The van der Waals surface area contributed by atoms with Crippen molar-refractivity contribution in [2.75, 3.05) is 18.4 Å². The Morgan fingerprint density at radius 1 is 1.26 bits per heavy atom. The van der Waals surface area contributed by atoms with Crippen molar-refractivity contribution in [3.63, 3.8) is 0 Å². The lowest BCUT2D eigenvalue weighted by molar-refractivity contribution is -0.137. The molecule has 0 saturated heterocycles. The highest BCUT2D eigenvalue weighted by molar-refractivity contribution is 7.13. The molecule has 124 valence electrons. The summed E-state index contributed by atoms with van der Waals surface area (Å²) in [6.45, 7) is 4.26. The maximum Gasteiger partial charge on any atom is 0.417 e. The number of hydrogen-bond donors (Lipinski definition) is 2. The number of nitrogens with zero attached hydrogens (tertiary/aromatic N) is 2. The summed E-state index contributed by atoms with van der Waals surface area (Å²) in [7, 11) is 0. The zero-order valence-electron chi connectivity index (χ0n) is 12.5. The van der Waals surface area contributed by atoms with E-state index >= 15 is 0 Å². The van der Waals surface area contributed by atoms with Gasteiger partial charge in [-0.3, -0.25) is 4.79 Å². The number of halogens is 3. The number of carbonyl (C=O) groups is 1. The van der Waals surface area contributed by atoms with E-state index in [4.69, 9.17) is 0 Å². The number of thiazole rings is 1. The minimum atomic E-state index is -4.40.